The average molecular weight is 521 g/mol. The summed E-state index contributed by atoms with van der Waals surface area (Å²) in [4.78, 5) is 34.6. The lowest BCUT2D eigenvalue weighted by Crippen LogP contribution is -2.41. The number of amides is 2. The molecule has 12 heteroatoms. The number of aliphatic hydroxyl groups is 1. The van der Waals surface area contributed by atoms with Gasteiger partial charge >= 0.3 is 0 Å². The molecule has 1 saturated heterocycles. The van der Waals surface area contributed by atoms with Crippen LogP contribution in [0, 0.1) is 0 Å². The van der Waals surface area contributed by atoms with Gasteiger partial charge in [-0.1, -0.05) is 6.07 Å². The third-order valence-corrected chi connectivity index (χ3v) is 7.07. The van der Waals surface area contributed by atoms with Gasteiger partial charge in [-0.15, -0.1) is 5.10 Å². The van der Waals surface area contributed by atoms with Crippen LogP contribution in [-0.4, -0.2) is 91.8 Å². The number of rotatable bonds is 8. The van der Waals surface area contributed by atoms with E-state index in [1.807, 2.05) is 17.0 Å². The van der Waals surface area contributed by atoms with Crippen molar-refractivity contribution >= 4 is 17.6 Å². The number of likely N-dealkylation sites (tertiary alicyclic amines) is 1. The standard InChI is InChI=1S/C26H32N8O4/c1-17(16-35)34-25(29-30-31-34)21-6-5-7-23(27-21)28-26(37)20-12-19-14-32(11-8-18(19)13-22(20)38-2)15-24(36)33-9-3-4-10-33/h5-7,12-13,17,35H,3-4,8-11,14-16H2,1-2H3,(H,27,28,37)/t17-/m1/s1. The van der Waals surface area contributed by atoms with Gasteiger partial charge in [-0.25, -0.2) is 9.67 Å². The summed E-state index contributed by atoms with van der Waals surface area (Å²) in [5.41, 5.74) is 2.98. The number of carbonyl (C=O) groups is 2. The first-order chi connectivity index (χ1) is 18.5. The molecule has 2 N–H and O–H groups in total. The lowest BCUT2D eigenvalue weighted by Gasteiger charge is -2.30. The lowest BCUT2D eigenvalue weighted by atomic mass is 9.96. The second kappa shape index (κ2) is 11.2. The Bertz CT molecular complexity index is 1320. The van der Waals surface area contributed by atoms with E-state index < -0.39 is 0 Å². The molecule has 5 rings (SSSR count). The number of anilines is 1. The molecule has 4 heterocycles. The Morgan fingerprint density at radius 1 is 1.16 bits per heavy atom. The van der Waals surface area contributed by atoms with Crippen LogP contribution in [0.4, 0.5) is 5.82 Å². The van der Waals surface area contributed by atoms with Crippen molar-refractivity contribution in [3.63, 3.8) is 0 Å². The molecular weight excluding hydrogens is 488 g/mol. The molecule has 1 atom stereocenters. The summed E-state index contributed by atoms with van der Waals surface area (Å²) < 4.78 is 7.04. The number of nitrogens with zero attached hydrogens (tertiary/aromatic N) is 7. The van der Waals surface area contributed by atoms with Crippen LogP contribution in [0.2, 0.25) is 0 Å². The zero-order chi connectivity index (χ0) is 26.6. The summed E-state index contributed by atoms with van der Waals surface area (Å²) in [6.45, 7) is 5.11. The highest BCUT2D eigenvalue weighted by atomic mass is 16.5. The summed E-state index contributed by atoms with van der Waals surface area (Å²) in [5, 5.41) is 24.0. The van der Waals surface area contributed by atoms with Crippen LogP contribution in [0.15, 0.2) is 30.3 Å². The zero-order valence-corrected chi connectivity index (χ0v) is 21.6. The van der Waals surface area contributed by atoms with Gasteiger partial charge in [-0.2, -0.15) is 0 Å². The SMILES string of the molecule is COc1cc2c(cc1C(=O)Nc1cccc(-c3nnnn3[C@H](C)CO)n1)CN(CC(=O)N1CCCC1)CC2. The van der Waals surface area contributed by atoms with Crippen molar-refractivity contribution in [3.8, 4) is 17.3 Å². The van der Waals surface area contributed by atoms with E-state index in [2.05, 4.69) is 30.7 Å². The van der Waals surface area contributed by atoms with Gasteiger partial charge in [0.25, 0.3) is 5.91 Å². The predicted octanol–water partition coefficient (Wildman–Crippen LogP) is 1.53. The molecule has 2 aromatic heterocycles. The maximum atomic E-state index is 13.3. The number of pyridine rings is 1. The summed E-state index contributed by atoms with van der Waals surface area (Å²) in [7, 11) is 1.55. The van der Waals surface area contributed by atoms with Crippen LogP contribution in [-0.2, 0) is 17.8 Å². The van der Waals surface area contributed by atoms with Gasteiger partial charge in [0.15, 0.2) is 0 Å². The van der Waals surface area contributed by atoms with Crippen molar-refractivity contribution in [3.05, 3.63) is 47.0 Å². The summed E-state index contributed by atoms with van der Waals surface area (Å²) in [5.74, 6) is 1.01. The van der Waals surface area contributed by atoms with Gasteiger partial charge in [-0.05, 0) is 72.0 Å². The molecule has 3 aromatic rings. The average Bonchev–Trinajstić information content (AvgIpc) is 3.65. The van der Waals surface area contributed by atoms with Crippen molar-refractivity contribution in [2.24, 2.45) is 0 Å². The van der Waals surface area contributed by atoms with Crippen molar-refractivity contribution in [1.29, 1.82) is 0 Å². The fourth-order valence-corrected chi connectivity index (χ4v) is 4.93. The van der Waals surface area contributed by atoms with E-state index in [-0.39, 0.29) is 24.5 Å². The van der Waals surface area contributed by atoms with Gasteiger partial charge in [-0.3, -0.25) is 14.5 Å². The molecule has 1 aromatic carbocycles. The van der Waals surface area contributed by atoms with Crippen LogP contribution in [0.1, 0.15) is 47.3 Å². The zero-order valence-electron chi connectivity index (χ0n) is 21.6. The largest absolute Gasteiger partial charge is 0.496 e. The summed E-state index contributed by atoms with van der Waals surface area (Å²) in [6.07, 6.45) is 2.93. The third-order valence-electron chi connectivity index (χ3n) is 7.07. The van der Waals surface area contributed by atoms with Gasteiger partial charge in [0.2, 0.25) is 11.7 Å². The molecule has 2 aliphatic rings. The van der Waals surface area contributed by atoms with Gasteiger partial charge in [0, 0.05) is 26.2 Å². The highest BCUT2D eigenvalue weighted by Crippen LogP contribution is 2.29. The quantitative estimate of drug-likeness (QED) is 0.453. The first-order valence-electron chi connectivity index (χ1n) is 12.8. The summed E-state index contributed by atoms with van der Waals surface area (Å²) in [6, 6.07) is 8.60. The Balaban J connectivity index is 1.33. The highest BCUT2D eigenvalue weighted by Gasteiger charge is 2.26. The minimum atomic E-state index is -0.358. The Morgan fingerprint density at radius 3 is 2.74 bits per heavy atom. The third kappa shape index (κ3) is 5.36. The predicted molar refractivity (Wildman–Crippen MR) is 139 cm³/mol. The van der Waals surface area contributed by atoms with Gasteiger partial charge < -0.3 is 20.1 Å². The Kier molecular flexibility index (Phi) is 7.61. The monoisotopic (exact) mass is 520 g/mol. The van der Waals surface area contributed by atoms with Crippen LogP contribution in [0.3, 0.4) is 0 Å². The van der Waals surface area contributed by atoms with Crippen LogP contribution < -0.4 is 10.1 Å². The van der Waals surface area contributed by atoms with Crippen LogP contribution in [0.5, 0.6) is 5.75 Å². The number of methoxy groups -OCH3 is 1. The van der Waals surface area contributed by atoms with Gasteiger partial charge in [0.1, 0.15) is 17.3 Å². The molecular formula is C26H32N8O4. The number of hydrogen-bond donors (Lipinski definition) is 2. The number of aliphatic hydroxyl groups excluding tert-OH is 1. The maximum absolute atomic E-state index is 13.3. The van der Waals surface area contributed by atoms with E-state index in [9.17, 15) is 14.7 Å². The van der Waals surface area contributed by atoms with Crippen molar-refractivity contribution < 1.29 is 19.4 Å². The van der Waals surface area contributed by atoms with Crippen LogP contribution in [0.25, 0.3) is 11.5 Å². The van der Waals surface area contributed by atoms with E-state index in [0.29, 0.717) is 41.7 Å². The number of carbonyl (C=O) groups excluding carboxylic acids is 2. The fraction of sp³-hybridized carbons (Fsp3) is 0.462. The maximum Gasteiger partial charge on any atom is 0.260 e. The minimum absolute atomic E-state index is 0.129. The van der Waals surface area contributed by atoms with E-state index in [4.69, 9.17) is 4.74 Å². The van der Waals surface area contributed by atoms with E-state index >= 15 is 0 Å². The molecule has 12 nitrogen and oxygen atoms in total. The van der Waals surface area contributed by atoms with Gasteiger partial charge in [0.05, 0.1) is 31.9 Å². The Morgan fingerprint density at radius 2 is 1.97 bits per heavy atom. The fourth-order valence-electron chi connectivity index (χ4n) is 4.93. The van der Waals surface area contributed by atoms with E-state index in [0.717, 1.165) is 50.0 Å². The molecule has 1 fully saturated rings. The lowest BCUT2D eigenvalue weighted by molar-refractivity contribution is -0.131. The first kappa shape index (κ1) is 25.7. The molecule has 0 bridgehead atoms. The number of tetrazole rings is 1. The van der Waals surface area contributed by atoms with Crippen molar-refractivity contribution in [1.82, 2.24) is 35.0 Å². The number of nitrogens with one attached hydrogen (secondary N) is 1. The second-order valence-corrected chi connectivity index (χ2v) is 9.71. The normalized spacial score (nSPS) is 16.2. The van der Waals surface area contributed by atoms with E-state index in [1.165, 1.54) is 4.68 Å². The van der Waals surface area contributed by atoms with Crippen LogP contribution >= 0.6 is 0 Å². The topological polar surface area (TPSA) is 139 Å². The molecule has 0 spiro atoms. The highest BCUT2D eigenvalue weighted by molar-refractivity contribution is 6.06. The molecule has 0 aliphatic carbocycles. The molecule has 2 amide bonds. The molecule has 0 saturated carbocycles. The molecule has 200 valence electrons. The van der Waals surface area contributed by atoms with E-state index in [1.54, 1.807) is 32.2 Å². The van der Waals surface area contributed by atoms with Crippen molar-refractivity contribution in [2.75, 3.05) is 45.2 Å². The first-order valence-corrected chi connectivity index (χ1v) is 12.8. The van der Waals surface area contributed by atoms with Crippen molar-refractivity contribution in [2.45, 2.75) is 38.8 Å². The number of hydrogen-bond acceptors (Lipinski definition) is 9. The number of fused-ring (bicyclic) bond motifs is 1. The number of aromatic nitrogens is 5. The number of benzene rings is 1. The molecule has 0 radical (unpaired) electrons. The summed E-state index contributed by atoms with van der Waals surface area (Å²) >= 11 is 0. The molecule has 38 heavy (non-hydrogen) atoms. The Labute approximate surface area is 220 Å². The molecule has 0 unspecified atom stereocenters. The minimum Gasteiger partial charge on any atom is -0.496 e. The Hall–Kier alpha value is -3.90. The smallest absolute Gasteiger partial charge is 0.260 e. The second-order valence-electron chi connectivity index (χ2n) is 9.71. The number of ether oxygens (including phenoxy) is 1. The molecule has 2 aliphatic heterocycles.